The van der Waals surface area contributed by atoms with Crippen LogP contribution in [0.2, 0.25) is 0 Å². The van der Waals surface area contributed by atoms with Crippen molar-refractivity contribution in [1.29, 1.82) is 0 Å². The van der Waals surface area contributed by atoms with Gasteiger partial charge in [-0.25, -0.2) is 4.99 Å². The van der Waals surface area contributed by atoms with Crippen molar-refractivity contribution in [1.82, 2.24) is 10.6 Å². The van der Waals surface area contributed by atoms with Crippen molar-refractivity contribution in [2.45, 2.75) is 140 Å². The molecule has 2 aromatic rings. The first kappa shape index (κ1) is 49.6. The summed E-state index contributed by atoms with van der Waals surface area (Å²) < 4.78 is 25.3. The van der Waals surface area contributed by atoms with E-state index in [1.54, 1.807) is 40.8 Å². The van der Waals surface area contributed by atoms with E-state index in [1.807, 2.05) is 0 Å². The first-order chi connectivity index (χ1) is 32.4. The monoisotopic (exact) mass is 958 g/mol. The normalized spacial score (nSPS) is 31.9. The minimum atomic E-state index is -1.22. The van der Waals surface area contributed by atoms with Gasteiger partial charge < -0.3 is 50.4 Å². The number of nitrogens with one attached hydrogen (secondary N) is 2. The fourth-order valence-electron chi connectivity index (χ4n) is 11.7. The lowest BCUT2D eigenvalue weighted by atomic mass is 9.64. The summed E-state index contributed by atoms with van der Waals surface area (Å²) in [6.45, 7) is 4.42. The number of rotatable bonds is 5. The van der Waals surface area contributed by atoms with Crippen LogP contribution in [0.4, 0.5) is 0 Å². The van der Waals surface area contributed by atoms with Crippen LogP contribution in [0.1, 0.15) is 106 Å². The molecule has 3 aliphatic carbocycles. The molecule has 4 aliphatic heterocycles. The Bertz CT molecular complexity index is 2250. The summed E-state index contributed by atoms with van der Waals surface area (Å²) in [5.41, 5.74) is 10.3. The highest BCUT2D eigenvalue weighted by Gasteiger charge is 2.50. The Morgan fingerprint density at radius 3 is 2.61 bits per heavy atom. The van der Waals surface area contributed by atoms with Crippen molar-refractivity contribution in [2.24, 2.45) is 46.2 Å². The summed E-state index contributed by atoms with van der Waals surface area (Å²) in [5, 5.41) is 52.5. The number of ketones is 1. The maximum Gasteiger partial charge on any atom is 0.201 e. The third-order valence-corrected chi connectivity index (χ3v) is 18.0. The number of phenols is 1. The lowest BCUT2D eigenvalue weighted by Crippen LogP contribution is -2.58. The molecule has 2 aromatic carbocycles. The molecule has 2 saturated carbocycles. The van der Waals surface area contributed by atoms with Gasteiger partial charge in [0.25, 0.3) is 0 Å². The summed E-state index contributed by atoms with van der Waals surface area (Å²) in [4.78, 5) is 18.3. The van der Waals surface area contributed by atoms with Crippen LogP contribution in [0, 0.1) is 59.2 Å². The van der Waals surface area contributed by atoms with E-state index in [1.165, 1.54) is 7.11 Å². The number of aliphatic hydroxyl groups excluding tert-OH is 3. The number of hydrogen-bond donors (Lipinski definition) is 7. The van der Waals surface area contributed by atoms with Gasteiger partial charge in [-0.2, -0.15) is 0 Å². The number of nitrogens with zero attached hydrogens (tertiary/aromatic N) is 1. The van der Waals surface area contributed by atoms with E-state index in [9.17, 15) is 25.2 Å². The molecule has 364 valence electrons. The van der Waals surface area contributed by atoms with Crippen molar-refractivity contribution in [3.63, 3.8) is 0 Å². The van der Waals surface area contributed by atoms with Crippen molar-refractivity contribution in [3.8, 4) is 46.7 Å². The number of aliphatic imine (C=N–C) groups is 1. The number of aryl methyl sites for hydroxylation is 2. The Kier molecular flexibility index (Phi) is 16.5. The van der Waals surface area contributed by atoms with E-state index in [-0.39, 0.29) is 91.6 Å². The molecule has 13 nitrogen and oxygen atoms in total. The van der Waals surface area contributed by atoms with Crippen molar-refractivity contribution in [3.05, 3.63) is 46.0 Å². The molecule has 7 aliphatic rings. The number of hydrogen-bond acceptors (Lipinski definition) is 15. The number of carbonyl (C=O) groups excluding carboxylic acids is 1. The average molecular weight is 959 g/mol. The minimum Gasteiger partial charge on any atom is -0.504 e. The molecule has 6 bridgehead atoms. The van der Waals surface area contributed by atoms with Crippen LogP contribution < -0.4 is 30.6 Å². The molecule has 2 fully saturated rings. The zero-order valence-corrected chi connectivity index (χ0v) is 41.1. The third kappa shape index (κ3) is 11.0. The Morgan fingerprint density at radius 2 is 1.82 bits per heavy atom. The van der Waals surface area contributed by atoms with Crippen LogP contribution in [-0.4, -0.2) is 107 Å². The number of guanidine groups is 1. The predicted octanol–water partition coefficient (Wildman–Crippen LogP) is 5.67. The second-order valence-electron chi connectivity index (χ2n) is 19.8. The highest BCUT2D eigenvalue weighted by atomic mass is 33.1. The zero-order valence-electron chi connectivity index (χ0n) is 39.5. The molecule has 9 rings (SSSR count). The summed E-state index contributed by atoms with van der Waals surface area (Å²) in [6, 6.07) is 4.97. The van der Waals surface area contributed by atoms with E-state index in [2.05, 4.69) is 54.2 Å². The quantitative estimate of drug-likeness (QED) is 0.143. The van der Waals surface area contributed by atoms with E-state index in [0.717, 1.165) is 73.0 Å². The van der Waals surface area contributed by atoms with Crippen molar-refractivity contribution >= 4 is 33.3 Å². The molecule has 8 N–H and O–H groups in total. The van der Waals surface area contributed by atoms with Crippen LogP contribution in [0.25, 0.3) is 0 Å². The Morgan fingerprint density at radius 1 is 0.985 bits per heavy atom. The molecule has 0 radical (unpaired) electrons. The van der Waals surface area contributed by atoms with Crippen LogP contribution in [0.5, 0.6) is 23.0 Å². The van der Waals surface area contributed by atoms with Crippen LogP contribution in [0.3, 0.4) is 0 Å². The molecule has 15 heteroatoms. The first-order valence-electron chi connectivity index (χ1n) is 24.4. The van der Waals surface area contributed by atoms with Gasteiger partial charge in [0.2, 0.25) is 6.29 Å². The van der Waals surface area contributed by atoms with Crippen LogP contribution in [-0.2, 0) is 35.2 Å². The minimum absolute atomic E-state index is 0.0101. The topological polar surface area (TPSA) is 197 Å². The van der Waals surface area contributed by atoms with Gasteiger partial charge in [0.05, 0.1) is 43.6 Å². The van der Waals surface area contributed by atoms with Gasteiger partial charge in [-0.05, 0) is 92.7 Å². The maximum absolute atomic E-state index is 13.3. The fourth-order valence-corrected chi connectivity index (χ4v) is 14.5. The number of aromatic hydroxyl groups is 1. The second kappa shape index (κ2) is 22.3. The summed E-state index contributed by atoms with van der Waals surface area (Å²) in [6.07, 6.45) is 6.33. The highest BCUT2D eigenvalue weighted by Crippen LogP contribution is 2.50. The van der Waals surface area contributed by atoms with Crippen LogP contribution in [0.15, 0.2) is 23.2 Å². The third-order valence-electron chi connectivity index (χ3n) is 15.5. The van der Waals surface area contributed by atoms with E-state index in [4.69, 9.17) is 29.7 Å². The predicted molar refractivity (Wildman–Crippen MR) is 263 cm³/mol. The zero-order chi connectivity index (χ0) is 47.2. The summed E-state index contributed by atoms with van der Waals surface area (Å²) in [7, 11) is 6.72. The number of nitrogens with two attached hydrogens (primary N) is 1. The summed E-state index contributed by atoms with van der Waals surface area (Å²) in [5.74, 6) is 17.1. The van der Waals surface area contributed by atoms with Crippen molar-refractivity contribution < 1.29 is 44.2 Å². The van der Waals surface area contributed by atoms with Crippen molar-refractivity contribution in [2.75, 3.05) is 39.1 Å². The molecule has 4 heterocycles. The lowest BCUT2D eigenvalue weighted by Gasteiger charge is -2.48. The number of fused-ring (bicyclic) bond motifs is 6. The van der Waals surface area contributed by atoms with Crippen LogP contribution >= 0.6 is 21.6 Å². The summed E-state index contributed by atoms with van der Waals surface area (Å²) >= 11 is 0. The van der Waals surface area contributed by atoms with Gasteiger partial charge in [-0.3, -0.25) is 10.1 Å². The molecular formula is C52H70N4O9S2. The van der Waals surface area contributed by atoms with E-state index in [0.29, 0.717) is 54.5 Å². The molecule has 0 unspecified atom stereocenters. The first-order valence-corrected chi connectivity index (χ1v) is 26.9. The second-order valence-corrected chi connectivity index (χ2v) is 22.3. The Hall–Kier alpha value is -3.80. The Labute approximate surface area is 404 Å². The highest BCUT2D eigenvalue weighted by molar-refractivity contribution is 8.76. The van der Waals surface area contributed by atoms with Gasteiger partial charge in [-0.15, -0.1) is 0 Å². The molecule has 67 heavy (non-hydrogen) atoms. The van der Waals surface area contributed by atoms with Gasteiger partial charge in [0.15, 0.2) is 29.0 Å². The van der Waals surface area contributed by atoms with Gasteiger partial charge in [0.1, 0.15) is 12.5 Å². The average Bonchev–Trinajstić information content (AvgIpc) is 3.46. The molecule has 11 atom stereocenters. The number of ether oxygens (including phenoxy) is 4. The fraction of sp³-hybridized carbons (Fsp3) is 0.654. The van der Waals surface area contributed by atoms with E-state index < -0.39 is 29.9 Å². The largest absolute Gasteiger partial charge is 0.504 e. The smallest absolute Gasteiger partial charge is 0.201 e. The molecule has 1 spiro atoms. The number of carbonyl (C=O) groups is 1. The SMILES string of the molecule is COc1c(O)ccc2c1C#CCc1cc(c3c4c1OCN[C@@]15CCCC[C@@H]1C[C@@H]([C@@H](CO)OC)CC[C@H]5C#C[C@@H]1NC(N)=N[C@@H](C(C)C)CSSC[C@H]1[C@@H](C3)[C@H](O)O4)CC[C@@H](O)CC(=O)CC2. The molecule has 0 amide bonds. The number of benzene rings is 2. The Balaban J connectivity index is 1.29. The standard InChI is InChI=1S/C52H70N4O9S2/c1-30(2)44-28-67-66-27-42-41-25-40-32-13-18-38(59)24-37(58)17-12-31-14-20-45(60)48(63-4)39(31)10-7-8-34(22-32)47(49(40)65-50(41)61)64-29-54-52-21-6-5-9-36(52)23-33(46(26-57)62-3)11-15-35(52)16-19-43(42)55-51(53)56-44/h14,20,22,30,33,35-36,38,41-44,46,50,54,57,59-61H,5-6,8-9,11-13,15,17-18,21,23-29H2,1-4H3,(H3,53,55,56)/t33-,35-,36+,38+,41+,42-,43-,44+,46+,50+,52+/m0/s1. The van der Waals surface area contributed by atoms with E-state index >= 15 is 0 Å². The molecular weight excluding hydrogens is 889 g/mol. The number of aliphatic hydroxyl groups is 3. The number of phenolic OH excluding ortho intramolecular Hbond substituents is 1. The van der Waals surface area contributed by atoms with Gasteiger partial charge in [-0.1, -0.05) is 84.1 Å². The molecule has 0 aromatic heterocycles. The van der Waals surface area contributed by atoms with Gasteiger partial charge in [0, 0.05) is 72.3 Å². The number of Topliss-reactive ketones (excluding diaryl/α,β-unsaturated/α-hetero) is 1. The lowest BCUT2D eigenvalue weighted by molar-refractivity contribution is -0.121. The van der Waals surface area contributed by atoms with Gasteiger partial charge >= 0.3 is 0 Å². The number of methoxy groups -OCH3 is 2. The maximum atomic E-state index is 13.3. The molecule has 0 saturated heterocycles.